The zero-order chi connectivity index (χ0) is 15.0. The smallest absolute Gasteiger partial charge is 0.289 e. The molecule has 1 amide bonds. The van der Waals surface area contributed by atoms with Gasteiger partial charge in [0, 0.05) is 44.0 Å². The molecule has 2 aliphatic rings. The van der Waals surface area contributed by atoms with E-state index in [0.717, 1.165) is 39.1 Å². The molecule has 0 bridgehead atoms. The fourth-order valence-corrected chi connectivity index (χ4v) is 3.63. The molecular formula is C17H19N3O2. The second-order valence-electron chi connectivity index (χ2n) is 6.46. The summed E-state index contributed by atoms with van der Waals surface area (Å²) in [6.07, 6.45) is 6.45. The van der Waals surface area contributed by atoms with Crippen molar-refractivity contribution in [3.63, 3.8) is 0 Å². The monoisotopic (exact) mass is 297 g/mol. The van der Waals surface area contributed by atoms with Crippen LogP contribution in [0.25, 0.3) is 0 Å². The third kappa shape index (κ3) is 2.41. The minimum Gasteiger partial charge on any atom is -0.459 e. The van der Waals surface area contributed by atoms with Gasteiger partial charge < -0.3 is 9.32 Å². The Bertz CT molecular complexity index is 648. The molecule has 0 aliphatic carbocycles. The maximum atomic E-state index is 12.2. The minimum absolute atomic E-state index is 0.0151. The van der Waals surface area contributed by atoms with E-state index in [9.17, 15) is 4.79 Å². The van der Waals surface area contributed by atoms with Crippen LogP contribution in [-0.4, -0.2) is 46.9 Å². The molecule has 0 saturated carbocycles. The summed E-state index contributed by atoms with van der Waals surface area (Å²) in [5.74, 6) is 0.460. The van der Waals surface area contributed by atoms with Gasteiger partial charge in [-0.1, -0.05) is 6.07 Å². The van der Waals surface area contributed by atoms with E-state index in [0.29, 0.717) is 5.76 Å². The van der Waals surface area contributed by atoms with E-state index in [1.807, 2.05) is 17.2 Å². The van der Waals surface area contributed by atoms with Gasteiger partial charge in [-0.05, 0) is 36.7 Å². The zero-order valence-corrected chi connectivity index (χ0v) is 12.4. The van der Waals surface area contributed by atoms with E-state index >= 15 is 0 Å². The van der Waals surface area contributed by atoms with Crippen LogP contribution in [0.3, 0.4) is 0 Å². The Labute approximate surface area is 129 Å². The topological polar surface area (TPSA) is 49.6 Å². The van der Waals surface area contributed by atoms with Gasteiger partial charge in [-0.25, -0.2) is 0 Å². The van der Waals surface area contributed by atoms with Crippen molar-refractivity contribution in [1.29, 1.82) is 0 Å². The third-order valence-corrected chi connectivity index (χ3v) is 4.72. The third-order valence-electron chi connectivity index (χ3n) is 4.72. The first-order valence-electron chi connectivity index (χ1n) is 7.68. The van der Waals surface area contributed by atoms with Gasteiger partial charge in [-0.2, -0.15) is 0 Å². The Kier molecular flexibility index (Phi) is 3.22. The van der Waals surface area contributed by atoms with Crippen molar-refractivity contribution in [1.82, 2.24) is 14.8 Å². The molecule has 0 unspecified atom stereocenters. The van der Waals surface area contributed by atoms with E-state index in [2.05, 4.69) is 16.0 Å². The van der Waals surface area contributed by atoms with Gasteiger partial charge in [0.25, 0.3) is 5.91 Å². The average molecular weight is 297 g/mol. The average Bonchev–Trinajstić information content (AvgIpc) is 3.16. The SMILES string of the molecule is O=C(c1ccco1)N1CC2(CCN(Cc3cccnc3)C2)C1. The van der Waals surface area contributed by atoms with Crippen LogP contribution in [0.2, 0.25) is 0 Å². The summed E-state index contributed by atoms with van der Waals surface area (Å²) in [6, 6.07) is 7.59. The number of nitrogens with zero attached hydrogens (tertiary/aromatic N) is 3. The van der Waals surface area contributed by atoms with Gasteiger partial charge in [-0.3, -0.25) is 14.7 Å². The van der Waals surface area contributed by atoms with Gasteiger partial charge in [0.05, 0.1) is 6.26 Å². The van der Waals surface area contributed by atoms with Gasteiger partial charge in [0.15, 0.2) is 5.76 Å². The van der Waals surface area contributed by atoms with Gasteiger partial charge in [0.1, 0.15) is 0 Å². The van der Waals surface area contributed by atoms with Crippen molar-refractivity contribution < 1.29 is 9.21 Å². The van der Waals surface area contributed by atoms with Crippen LogP contribution in [0, 0.1) is 5.41 Å². The highest BCUT2D eigenvalue weighted by Gasteiger charge is 2.49. The number of rotatable bonds is 3. The quantitative estimate of drug-likeness (QED) is 0.870. The Morgan fingerprint density at radius 1 is 1.27 bits per heavy atom. The van der Waals surface area contributed by atoms with E-state index in [4.69, 9.17) is 4.42 Å². The minimum atomic E-state index is 0.0151. The highest BCUT2D eigenvalue weighted by molar-refractivity contribution is 5.92. The van der Waals surface area contributed by atoms with Crippen molar-refractivity contribution in [2.24, 2.45) is 5.41 Å². The van der Waals surface area contributed by atoms with Crippen LogP contribution in [0.5, 0.6) is 0 Å². The van der Waals surface area contributed by atoms with Crippen molar-refractivity contribution in [3.8, 4) is 0 Å². The summed E-state index contributed by atoms with van der Waals surface area (Å²) in [6.45, 7) is 4.79. The van der Waals surface area contributed by atoms with E-state index in [1.54, 1.807) is 24.6 Å². The molecular weight excluding hydrogens is 278 g/mol. The number of aromatic nitrogens is 1. The maximum absolute atomic E-state index is 12.2. The molecule has 2 fully saturated rings. The Morgan fingerprint density at radius 3 is 2.91 bits per heavy atom. The molecule has 0 radical (unpaired) electrons. The standard InChI is InChI=1S/C17H19N3O2/c21-16(15-4-2-8-22-15)20-12-17(13-20)5-7-19(11-17)10-14-3-1-6-18-9-14/h1-4,6,8-9H,5,7,10-13H2. The van der Waals surface area contributed by atoms with Gasteiger partial charge >= 0.3 is 0 Å². The summed E-state index contributed by atoms with van der Waals surface area (Å²) in [4.78, 5) is 20.7. The molecule has 22 heavy (non-hydrogen) atoms. The number of furan rings is 1. The predicted octanol–water partition coefficient (Wildman–Crippen LogP) is 2.02. The first-order valence-corrected chi connectivity index (χ1v) is 7.68. The second kappa shape index (κ2) is 5.25. The highest BCUT2D eigenvalue weighted by atomic mass is 16.3. The molecule has 5 heteroatoms. The number of amides is 1. The van der Waals surface area contributed by atoms with Gasteiger partial charge in [0.2, 0.25) is 0 Å². The molecule has 4 rings (SSSR count). The van der Waals surface area contributed by atoms with Crippen LogP contribution in [0.1, 0.15) is 22.5 Å². The lowest BCUT2D eigenvalue weighted by Crippen LogP contribution is -2.59. The zero-order valence-electron chi connectivity index (χ0n) is 12.4. The fourth-order valence-electron chi connectivity index (χ4n) is 3.63. The molecule has 1 spiro atoms. The molecule has 114 valence electrons. The van der Waals surface area contributed by atoms with Crippen molar-refractivity contribution in [2.45, 2.75) is 13.0 Å². The second-order valence-corrected chi connectivity index (χ2v) is 6.46. The van der Waals surface area contributed by atoms with E-state index in [1.165, 1.54) is 5.56 Å². The number of carbonyl (C=O) groups is 1. The Morgan fingerprint density at radius 2 is 2.18 bits per heavy atom. The lowest BCUT2D eigenvalue weighted by Gasteiger charge is -2.47. The maximum Gasteiger partial charge on any atom is 0.289 e. The first-order chi connectivity index (χ1) is 10.7. The molecule has 0 aromatic carbocycles. The fraction of sp³-hybridized carbons (Fsp3) is 0.412. The molecule has 5 nitrogen and oxygen atoms in total. The van der Waals surface area contributed by atoms with Gasteiger partial charge in [-0.15, -0.1) is 0 Å². The van der Waals surface area contributed by atoms with Crippen molar-refractivity contribution in [3.05, 3.63) is 54.2 Å². The van der Waals surface area contributed by atoms with Crippen LogP contribution in [0.4, 0.5) is 0 Å². The summed E-state index contributed by atoms with van der Waals surface area (Å²) >= 11 is 0. The number of likely N-dealkylation sites (tertiary alicyclic amines) is 2. The number of hydrogen-bond donors (Lipinski definition) is 0. The van der Waals surface area contributed by atoms with Crippen molar-refractivity contribution in [2.75, 3.05) is 26.2 Å². The lowest BCUT2D eigenvalue weighted by molar-refractivity contribution is 0.00800. The summed E-state index contributed by atoms with van der Waals surface area (Å²) < 4.78 is 5.19. The molecule has 2 aromatic heterocycles. The number of carbonyl (C=O) groups excluding carboxylic acids is 1. The lowest BCUT2D eigenvalue weighted by atomic mass is 9.79. The highest BCUT2D eigenvalue weighted by Crippen LogP contribution is 2.40. The normalized spacial score (nSPS) is 20.3. The summed E-state index contributed by atoms with van der Waals surface area (Å²) in [5, 5.41) is 0. The largest absolute Gasteiger partial charge is 0.459 e. The van der Waals surface area contributed by atoms with Crippen molar-refractivity contribution >= 4 is 5.91 Å². The molecule has 2 aromatic rings. The van der Waals surface area contributed by atoms with Crippen LogP contribution < -0.4 is 0 Å². The molecule has 2 aliphatic heterocycles. The predicted molar refractivity (Wildman–Crippen MR) is 81.2 cm³/mol. The summed E-state index contributed by atoms with van der Waals surface area (Å²) in [5.41, 5.74) is 1.53. The summed E-state index contributed by atoms with van der Waals surface area (Å²) in [7, 11) is 0. The Balaban J connectivity index is 1.33. The van der Waals surface area contributed by atoms with E-state index < -0.39 is 0 Å². The number of hydrogen-bond acceptors (Lipinski definition) is 4. The van der Waals surface area contributed by atoms with E-state index in [-0.39, 0.29) is 11.3 Å². The molecule has 4 heterocycles. The Hall–Kier alpha value is -2.14. The molecule has 0 atom stereocenters. The number of pyridine rings is 1. The van der Waals surface area contributed by atoms with Crippen LogP contribution in [0.15, 0.2) is 47.3 Å². The molecule has 0 N–H and O–H groups in total. The van der Waals surface area contributed by atoms with Crippen LogP contribution in [-0.2, 0) is 6.54 Å². The molecule has 2 saturated heterocycles. The van der Waals surface area contributed by atoms with Crippen LogP contribution >= 0.6 is 0 Å². The first kappa shape index (κ1) is 13.5.